The van der Waals surface area contributed by atoms with Crippen LogP contribution in [0, 0.1) is 0 Å². The van der Waals surface area contributed by atoms with E-state index >= 15 is 0 Å². The fourth-order valence-electron chi connectivity index (χ4n) is 1.36. The molecule has 2 N–H and O–H groups in total. The van der Waals surface area contributed by atoms with E-state index in [2.05, 4.69) is 10.2 Å². The Balaban J connectivity index is 2.28. The summed E-state index contributed by atoms with van der Waals surface area (Å²) in [6, 6.07) is 6.61. The van der Waals surface area contributed by atoms with Gasteiger partial charge in [0.25, 0.3) is 5.91 Å². The molecule has 0 saturated heterocycles. The van der Waals surface area contributed by atoms with Crippen molar-refractivity contribution in [2.75, 3.05) is 7.11 Å². The van der Waals surface area contributed by atoms with Crippen LogP contribution in [0.15, 0.2) is 40.6 Å². The lowest BCUT2D eigenvalue weighted by Crippen LogP contribution is -2.28. The van der Waals surface area contributed by atoms with Crippen molar-refractivity contribution < 1.29 is 9.53 Å². The molecule has 0 aromatic heterocycles. The summed E-state index contributed by atoms with van der Waals surface area (Å²) in [4.78, 5) is 11.0. The summed E-state index contributed by atoms with van der Waals surface area (Å²) in [6.07, 6.45) is 1.59. The van der Waals surface area contributed by atoms with Gasteiger partial charge in [-0.05, 0) is 30.3 Å². The van der Waals surface area contributed by atoms with Crippen LogP contribution >= 0.6 is 0 Å². The van der Waals surface area contributed by atoms with Crippen molar-refractivity contribution in [3.63, 3.8) is 0 Å². The molecule has 1 aliphatic heterocycles. The summed E-state index contributed by atoms with van der Waals surface area (Å²) in [5, 5.41) is 7.28. The third-order valence-corrected chi connectivity index (χ3v) is 2.26. The monoisotopic (exact) mass is 217 g/mol. The lowest BCUT2D eigenvalue weighted by molar-refractivity contribution is -0.118. The molecule has 2 rings (SSSR count). The number of rotatable bonds is 2. The minimum absolute atomic E-state index is 0.419. The maximum atomic E-state index is 11.0. The van der Waals surface area contributed by atoms with Gasteiger partial charge in [0.05, 0.1) is 12.8 Å². The number of carbonyl (C=O) groups excluding carboxylic acids is 1. The van der Waals surface area contributed by atoms with Gasteiger partial charge in [-0.15, -0.1) is 10.2 Å². The third-order valence-electron chi connectivity index (χ3n) is 2.26. The van der Waals surface area contributed by atoms with Gasteiger partial charge in [0, 0.05) is 5.56 Å². The van der Waals surface area contributed by atoms with Crippen LogP contribution in [0.1, 0.15) is 5.56 Å². The molecule has 1 unspecified atom stereocenters. The first kappa shape index (κ1) is 10.5. The predicted octanol–water partition coefficient (Wildman–Crippen LogP) is 1.36. The highest BCUT2D eigenvalue weighted by molar-refractivity contribution is 5.88. The highest BCUT2D eigenvalue weighted by Gasteiger charge is 2.16. The summed E-state index contributed by atoms with van der Waals surface area (Å²) in [7, 11) is 1.60. The molecule has 1 aromatic carbocycles. The van der Waals surface area contributed by atoms with Crippen molar-refractivity contribution in [3.05, 3.63) is 35.9 Å². The molecule has 0 spiro atoms. The Bertz CT molecular complexity index is 463. The number of benzene rings is 1. The van der Waals surface area contributed by atoms with E-state index < -0.39 is 11.9 Å². The van der Waals surface area contributed by atoms with Gasteiger partial charge >= 0.3 is 0 Å². The topological polar surface area (TPSA) is 77.0 Å². The van der Waals surface area contributed by atoms with Crippen LogP contribution in [-0.2, 0) is 4.79 Å². The zero-order valence-electron chi connectivity index (χ0n) is 8.75. The lowest BCUT2D eigenvalue weighted by Gasteiger charge is -2.09. The molecular formula is C11H11N3O2. The Morgan fingerprint density at radius 1 is 1.25 bits per heavy atom. The minimum atomic E-state index is -0.699. The SMILES string of the molecule is COc1ccc(C2=CC(N)C(=O)N=N2)cc1. The first-order chi connectivity index (χ1) is 7.70. The first-order valence-corrected chi connectivity index (χ1v) is 4.78. The Morgan fingerprint density at radius 3 is 2.50 bits per heavy atom. The average Bonchev–Trinajstić information content (AvgIpc) is 2.33. The zero-order chi connectivity index (χ0) is 11.5. The summed E-state index contributed by atoms with van der Waals surface area (Å²) in [5.74, 6) is 0.342. The van der Waals surface area contributed by atoms with Gasteiger partial charge in [0.1, 0.15) is 11.8 Å². The maximum absolute atomic E-state index is 11.0. The van der Waals surface area contributed by atoms with Gasteiger partial charge in [-0.2, -0.15) is 0 Å². The summed E-state index contributed by atoms with van der Waals surface area (Å²) >= 11 is 0. The van der Waals surface area contributed by atoms with Crippen LogP contribution in [-0.4, -0.2) is 19.1 Å². The number of hydrogen-bond donors (Lipinski definition) is 1. The molecule has 82 valence electrons. The Labute approximate surface area is 92.6 Å². The first-order valence-electron chi connectivity index (χ1n) is 4.78. The molecular weight excluding hydrogens is 206 g/mol. The minimum Gasteiger partial charge on any atom is -0.497 e. The fraction of sp³-hybridized carbons (Fsp3) is 0.182. The number of methoxy groups -OCH3 is 1. The van der Waals surface area contributed by atoms with Crippen molar-refractivity contribution in [1.29, 1.82) is 0 Å². The zero-order valence-corrected chi connectivity index (χ0v) is 8.75. The molecule has 1 aromatic rings. The smallest absolute Gasteiger partial charge is 0.285 e. The fourth-order valence-corrected chi connectivity index (χ4v) is 1.36. The van der Waals surface area contributed by atoms with E-state index in [4.69, 9.17) is 10.5 Å². The van der Waals surface area contributed by atoms with E-state index in [1.165, 1.54) is 0 Å². The standard InChI is InChI=1S/C11H11N3O2/c1-16-8-4-2-7(3-5-8)10-6-9(12)11(15)14-13-10/h2-6,9H,12H2,1H3. The molecule has 5 heteroatoms. The quantitative estimate of drug-likeness (QED) is 0.812. The van der Waals surface area contributed by atoms with Gasteiger partial charge < -0.3 is 10.5 Å². The average molecular weight is 217 g/mol. The van der Waals surface area contributed by atoms with Crippen LogP contribution < -0.4 is 10.5 Å². The molecule has 16 heavy (non-hydrogen) atoms. The highest BCUT2D eigenvalue weighted by atomic mass is 16.5. The van der Waals surface area contributed by atoms with Gasteiger partial charge in [-0.25, -0.2) is 0 Å². The van der Waals surface area contributed by atoms with Crippen LogP contribution in [0.4, 0.5) is 0 Å². The molecule has 0 saturated carbocycles. The number of hydrogen-bond acceptors (Lipinski definition) is 4. The number of amides is 1. The highest BCUT2D eigenvalue weighted by Crippen LogP contribution is 2.22. The summed E-state index contributed by atoms with van der Waals surface area (Å²) in [6.45, 7) is 0. The molecule has 1 heterocycles. The van der Waals surface area contributed by atoms with E-state index in [-0.39, 0.29) is 0 Å². The normalized spacial score (nSPS) is 19.5. The molecule has 1 atom stereocenters. The Morgan fingerprint density at radius 2 is 1.94 bits per heavy atom. The summed E-state index contributed by atoms with van der Waals surface area (Å²) < 4.78 is 5.04. The molecule has 0 aliphatic carbocycles. The Hall–Kier alpha value is -2.01. The second kappa shape index (κ2) is 4.24. The van der Waals surface area contributed by atoms with E-state index in [0.29, 0.717) is 5.70 Å². The van der Waals surface area contributed by atoms with Crippen molar-refractivity contribution in [2.24, 2.45) is 16.0 Å². The molecule has 5 nitrogen and oxygen atoms in total. The number of carbonyl (C=O) groups is 1. The van der Waals surface area contributed by atoms with E-state index in [9.17, 15) is 4.79 Å². The van der Waals surface area contributed by atoms with Crippen molar-refractivity contribution in [2.45, 2.75) is 6.04 Å². The van der Waals surface area contributed by atoms with Gasteiger partial charge in [-0.3, -0.25) is 4.79 Å². The van der Waals surface area contributed by atoms with Gasteiger partial charge in [-0.1, -0.05) is 0 Å². The van der Waals surface area contributed by atoms with E-state index in [0.717, 1.165) is 11.3 Å². The maximum Gasteiger partial charge on any atom is 0.285 e. The van der Waals surface area contributed by atoms with Crippen LogP contribution in [0.2, 0.25) is 0 Å². The van der Waals surface area contributed by atoms with Gasteiger partial charge in [0.15, 0.2) is 0 Å². The van der Waals surface area contributed by atoms with E-state index in [1.54, 1.807) is 13.2 Å². The number of nitrogens with two attached hydrogens (primary N) is 1. The van der Waals surface area contributed by atoms with Crippen LogP contribution in [0.3, 0.4) is 0 Å². The number of azo groups is 1. The lowest BCUT2D eigenvalue weighted by atomic mass is 10.1. The van der Waals surface area contributed by atoms with Crippen molar-refractivity contribution in [1.82, 2.24) is 0 Å². The van der Waals surface area contributed by atoms with Crippen LogP contribution in [0.5, 0.6) is 5.75 Å². The largest absolute Gasteiger partial charge is 0.497 e. The molecule has 1 amide bonds. The predicted molar refractivity (Wildman–Crippen MR) is 58.8 cm³/mol. The molecule has 0 fully saturated rings. The number of nitrogens with zero attached hydrogens (tertiary/aromatic N) is 2. The second-order valence-electron chi connectivity index (χ2n) is 3.34. The van der Waals surface area contributed by atoms with Crippen molar-refractivity contribution >= 4 is 11.6 Å². The molecule has 0 radical (unpaired) electrons. The Kier molecular flexibility index (Phi) is 2.78. The van der Waals surface area contributed by atoms with Gasteiger partial charge in [0.2, 0.25) is 0 Å². The van der Waals surface area contributed by atoms with E-state index in [1.807, 2.05) is 24.3 Å². The van der Waals surface area contributed by atoms with Crippen molar-refractivity contribution in [3.8, 4) is 5.75 Å². The van der Waals surface area contributed by atoms with Crippen LogP contribution in [0.25, 0.3) is 5.70 Å². The summed E-state index contributed by atoms with van der Waals surface area (Å²) in [5.41, 5.74) is 7.02. The number of ether oxygens (including phenoxy) is 1. The molecule has 0 bridgehead atoms. The third kappa shape index (κ3) is 1.99. The second-order valence-corrected chi connectivity index (χ2v) is 3.34. The molecule has 1 aliphatic rings.